The van der Waals surface area contributed by atoms with Gasteiger partial charge >= 0.3 is 0 Å². The summed E-state index contributed by atoms with van der Waals surface area (Å²) in [5.74, 6) is 1.83. The van der Waals surface area contributed by atoms with Gasteiger partial charge < -0.3 is 10.6 Å². The molecule has 148 valence electrons. The third-order valence-electron chi connectivity index (χ3n) is 6.21. The Hall–Kier alpha value is -0.400. The summed E-state index contributed by atoms with van der Waals surface area (Å²) in [6, 6.07) is 0.316. The number of aromatic nitrogens is 1. The number of thiazole rings is 1. The van der Waals surface area contributed by atoms with E-state index in [9.17, 15) is 4.79 Å². The van der Waals surface area contributed by atoms with Crippen LogP contribution in [0.15, 0.2) is 5.38 Å². The van der Waals surface area contributed by atoms with Crippen molar-refractivity contribution >= 4 is 42.1 Å². The van der Waals surface area contributed by atoms with Crippen LogP contribution in [0.1, 0.15) is 36.4 Å². The van der Waals surface area contributed by atoms with Crippen molar-refractivity contribution < 1.29 is 4.79 Å². The lowest BCUT2D eigenvalue weighted by molar-refractivity contribution is -0.136. The molecule has 2 N–H and O–H groups in total. The number of likely N-dealkylation sites (tertiary alicyclic amines) is 2. The summed E-state index contributed by atoms with van der Waals surface area (Å²) in [7, 11) is 0. The average molecular weight is 421 g/mol. The van der Waals surface area contributed by atoms with Crippen LogP contribution < -0.4 is 5.73 Å². The van der Waals surface area contributed by atoms with Gasteiger partial charge in [0, 0.05) is 37.0 Å². The number of fused-ring (bicyclic) bond motifs is 1. The van der Waals surface area contributed by atoms with E-state index in [1.807, 2.05) is 0 Å². The molecule has 1 saturated carbocycles. The van der Waals surface area contributed by atoms with E-state index in [1.54, 1.807) is 11.3 Å². The molecule has 3 fully saturated rings. The largest absolute Gasteiger partial charge is 0.342 e. The maximum Gasteiger partial charge on any atom is 0.225 e. The molecule has 5 nitrogen and oxygen atoms in total. The van der Waals surface area contributed by atoms with Crippen molar-refractivity contribution in [2.75, 3.05) is 26.2 Å². The van der Waals surface area contributed by atoms with Gasteiger partial charge in [-0.2, -0.15) is 0 Å². The molecule has 4 rings (SSSR count). The normalized spacial score (nSPS) is 29.2. The molecule has 3 unspecified atom stereocenters. The van der Waals surface area contributed by atoms with Crippen LogP contribution in [0, 0.1) is 24.7 Å². The summed E-state index contributed by atoms with van der Waals surface area (Å²) in [6.45, 7) is 6.85. The minimum absolute atomic E-state index is 0. The SMILES string of the molecule is Cc1nc(CN2CCC(C(=O)N3CC4CCC(N)C4C3)CC2)cs1.Cl.Cl. The standard InChI is InChI=1S/C18H28N4OS.2ClH/c1-12-20-15(11-24-12)9-21-6-4-13(5-7-21)18(23)22-8-14-2-3-17(19)16(14)10-22;;/h11,13-14,16-17H,2-10,19H2,1H3;2*1H. The molecule has 2 aliphatic heterocycles. The van der Waals surface area contributed by atoms with Crippen LogP contribution >= 0.6 is 36.2 Å². The van der Waals surface area contributed by atoms with Crippen LogP contribution in [-0.4, -0.2) is 52.9 Å². The minimum atomic E-state index is 0. The molecule has 0 radical (unpaired) electrons. The molecule has 3 atom stereocenters. The maximum absolute atomic E-state index is 12.9. The smallest absolute Gasteiger partial charge is 0.225 e. The van der Waals surface area contributed by atoms with Gasteiger partial charge in [-0.15, -0.1) is 36.2 Å². The predicted octanol–water partition coefficient (Wildman–Crippen LogP) is 2.70. The molecular formula is C18H30Cl2N4OS. The van der Waals surface area contributed by atoms with E-state index in [4.69, 9.17) is 5.73 Å². The molecule has 1 amide bonds. The molecule has 0 spiro atoms. The number of halogens is 2. The van der Waals surface area contributed by atoms with Gasteiger partial charge in [0.05, 0.1) is 10.7 Å². The van der Waals surface area contributed by atoms with E-state index in [2.05, 4.69) is 27.1 Å². The number of carbonyl (C=O) groups is 1. The van der Waals surface area contributed by atoms with Crippen molar-refractivity contribution in [3.8, 4) is 0 Å². The Morgan fingerprint density at radius 3 is 2.58 bits per heavy atom. The highest BCUT2D eigenvalue weighted by molar-refractivity contribution is 7.09. The zero-order chi connectivity index (χ0) is 16.7. The van der Waals surface area contributed by atoms with E-state index in [0.717, 1.165) is 57.0 Å². The molecule has 1 aromatic rings. The van der Waals surface area contributed by atoms with Gasteiger partial charge in [0.1, 0.15) is 0 Å². The lowest BCUT2D eigenvalue weighted by Crippen LogP contribution is -2.42. The molecule has 3 aliphatic rings. The third-order valence-corrected chi connectivity index (χ3v) is 7.04. The first-order valence-corrected chi connectivity index (χ1v) is 10.2. The molecule has 3 heterocycles. The average Bonchev–Trinajstić information content (AvgIpc) is 3.26. The van der Waals surface area contributed by atoms with Crippen LogP contribution in [0.2, 0.25) is 0 Å². The number of aryl methyl sites for hydroxylation is 1. The van der Waals surface area contributed by atoms with E-state index in [0.29, 0.717) is 23.8 Å². The first-order chi connectivity index (χ1) is 11.6. The van der Waals surface area contributed by atoms with Crippen molar-refractivity contribution in [3.05, 3.63) is 16.1 Å². The van der Waals surface area contributed by atoms with Gasteiger partial charge in [-0.05, 0) is 57.5 Å². The lowest BCUT2D eigenvalue weighted by Gasteiger charge is -2.33. The first-order valence-electron chi connectivity index (χ1n) is 9.28. The number of carbonyl (C=O) groups excluding carboxylic acids is 1. The van der Waals surface area contributed by atoms with E-state index < -0.39 is 0 Å². The summed E-state index contributed by atoms with van der Waals surface area (Å²) < 4.78 is 0. The van der Waals surface area contributed by atoms with Crippen LogP contribution in [-0.2, 0) is 11.3 Å². The fraction of sp³-hybridized carbons (Fsp3) is 0.778. The summed E-state index contributed by atoms with van der Waals surface area (Å²) in [5.41, 5.74) is 7.37. The predicted molar refractivity (Wildman–Crippen MR) is 110 cm³/mol. The van der Waals surface area contributed by atoms with E-state index >= 15 is 0 Å². The van der Waals surface area contributed by atoms with Gasteiger partial charge in [-0.25, -0.2) is 4.98 Å². The van der Waals surface area contributed by atoms with Gasteiger partial charge in [0.2, 0.25) is 5.91 Å². The fourth-order valence-corrected chi connectivity index (χ4v) is 5.40. The van der Waals surface area contributed by atoms with E-state index in [1.165, 1.54) is 12.1 Å². The highest BCUT2D eigenvalue weighted by Gasteiger charge is 2.43. The zero-order valence-corrected chi connectivity index (χ0v) is 17.8. The highest BCUT2D eigenvalue weighted by Crippen LogP contribution is 2.38. The van der Waals surface area contributed by atoms with Crippen LogP contribution in [0.25, 0.3) is 0 Å². The van der Waals surface area contributed by atoms with Gasteiger partial charge in [0.25, 0.3) is 0 Å². The number of piperidine rings is 1. The second kappa shape index (κ2) is 9.20. The molecule has 8 heteroatoms. The first kappa shape index (κ1) is 21.9. The number of hydrogen-bond donors (Lipinski definition) is 1. The van der Waals surface area contributed by atoms with Crippen molar-refractivity contribution in [2.45, 2.75) is 45.2 Å². The van der Waals surface area contributed by atoms with Crippen LogP contribution in [0.5, 0.6) is 0 Å². The van der Waals surface area contributed by atoms with Gasteiger partial charge in [-0.1, -0.05) is 0 Å². The number of nitrogens with two attached hydrogens (primary N) is 1. The third kappa shape index (κ3) is 4.53. The second-order valence-corrected chi connectivity index (χ2v) is 8.88. The van der Waals surface area contributed by atoms with E-state index in [-0.39, 0.29) is 30.7 Å². The monoisotopic (exact) mass is 420 g/mol. The summed E-state index contributed by atoms with van der Waals surface area (Å²) in [4.78, 5) is 22.0. The topological polar surface area (TPSA) is 62.5 Å². The lowest BCUT2D eigenvalue weighted by atomic mass is 9.95. The maximum atomic E-state index is 12.9. The fourth-order valence-electron chi connectivity index (χ4n) is 4.79. The van der Waals surface area contributed by atoms with Crippen LogP contribution in [0.4, 0.5) is 0 Å². The van der Waals surface area contributed by atoms with Crippen molar-refractivity contribution in [1.82, 2.24) is 14.8 Å². The van der Waals surface area contributed by atoms with Crippen molar-refractivity contribution in [1.29, 1.82) is 0 Å². The van der Waals surface area contributed by atoms with Gasteiger partial charge in [0.15, 0.2) is 0 Å². The Balaban J connectivity index is 0.00000121. The second-order valence-electron chi connectivity index (χ2n) is 7.82. The molecule has 1 aromatic heterocycles. The molecule has 0 bridgehead atoms. The Bertz CT molecular complexity index is 606. The summed E-state index contributed by atoms with van der Waals surface area (Å²) in [5, 5.41) is 3.28. The van der Waals surface area contributed by atoms with Gasteiger partial charge in [-0.3, -0.25) is 9.69 Å². The van der Waals surface area contributed by atoms with Crippen molar-refractivity contribution in [2.24, 2.45) is 23.5 Å². The molecule has 1 aliphatic carbocycles. The van der Waals surface area contributed by atoms with Crippen molar-refractivity contribution in [3.63, 3.8) is 0 Å². The molecular weight excluding hydrogens is 391 g/mol. The minimum Gasteiger partial charge on any atom is -0.342 e. The molecule has 2 saturated heterocycles. The Morgan fingerprint density at radius 2 is 1.96 bits per heavy atom. The number of amides is 1. The van der Waals surface area contributed by atoms with Crippen LogP contribution in [0.3, 0.4) is 0 Å². The zero-order valence-electron chi connectivity index (χ0n) is 15.3. The Kier molecular flexibility index (Phi) is 7.74. The Morgan fingerprint density at radius 1 is 1.23 bits per heavy atom. The quantitative estimate of drug-likeness (QED) is 0.815. The number of hydrogen-bond acceptors (Lipinski definition) is 5. The molecule has 26 heavy (non-hydrogen) atoms. The summed E-state index contributed by atoms with van der Waals surface area (Å²) in [6.07, 6.45) is 4.33. The number of rotatable bonds is 3. The highest BCUT2D eigenvalue weighted by atomic mass is 35.5. The molecule has 0 aromatic carbocycles. The number of nitrogens with zero attached hydrogens (tertiary/aromatic N) is 3. The summed E-state index contributed by atoms with van der Waals surface area (Å²) >= 11 is 1.71. The Labute approximate surface area is 172 Å².